The highest BCUT2D eigenvalue weighted by Gasteiger charge is 2.24. The molecular weight excluding hydrogens is 215 g/mol. The minimum absolute atomic E-state index is 0.369. The second-order valence-electron chi connectivity index (χ2n) is 4.46. The van der Waals surface area contributed by atoms with Crippen molar-refractivity contribution in [3.63, 3.8) is 0 Å². The molecule has 3 heteroatoms. The van der Waals surface area contributed by atoms with Gasteiger partial charge in [-0.3, -0.25) is 4.98 Å². The summed E-state index contributed by atoms with van der Waals surface area (Å²) in [5.41, 5.74) is 8.31. The minimum atomic E-state index is -0.733. The van der Waals surface area contributed by atoms with Crippen LogP contribution < -0.4 is 5.73 Å². The molecule has 1 aromatic heterocycles. The van der Waals surface area contributed by atoms with E-state index in [1.807, 2.05) is 38.1 Å². The van der Waals surface area contributed by atoms with Gasteiger partial charge in [-0.15, -0.1) is 0 Å². The summed E-state index contributed by atoms with van der Waals surface area (Å²) in [5, 5.41) is 0. The summed E-state index contributed by atoms with van der Waals surface area (Å²) in [5.74, 6) is -0.369. The maximum Gasteiger partial charge on any atom is 0.141 e. The van der Waals surface area contributed by atoms with Crippen molar-refractivity contribution < 1.29 is 4.39 Å². The number of aryl methyl sites for hydroxylation is 1. The van der Waals surface area contributed by atoms with Gasteiger partial charge in [-0.25, -0.2) is 4.39 Å². The minimum Gasteiger partial charge on any atom is -0.318 e. The largest absolute Gasteiger partial charge is 0.318 e. The van der Waals surface area contributed by atoms with E-state index in [0.29, 0.717) is 5.56 Å². The van der Waals surface area contributed by atoms with E-state index in [2.05, 4.69) is 4.98 Å². The number of nitrogens with zero attached hydrogens (tertiary/aromatic N) is 1. The Kier molecular flexibility index (Phi) is 2.94. The first-order chi connectivity index (χ1) is 8.00. The van der Waals surface area contributed by atoms with Crippen molar-refractivity contribution in [1.82, 2.24) is 4.98 Å². The quantitative estimate of drug-likeness (QED) is 0.861. The monoisotopic (exact) mass is 230 g/mol. The fraction of sp³-hybridized carbons (Fsp3) is 0.214. The molecule has 0 radical (unpaired) electrons. The zero-order chi connectivity index (χ0) is 12.5. The van der Waals surface area contributed by atoms with Crippen molar-refractivity contribution in [2.24, 2.45) is 5.73 Å². The molecule has 0 bridgehead atoms. The van der Waals surface area contributed by atoms with Crippen LogP contribution in [0.3, 0.4) is 0 Å². The van der Waals surface area contributed by atoms with E-state index in [0.717, 1.165) is 5.56 Å². The Morgan fingerprint density at radius 1 is 1.12 bits per heavy atom. The van der Waals surface area contributed by atoms with Gasteiger partial charge in [0.05, 0.1) is 11.7 Å². The number of halogens is 1. The third-order valence-electron chi connectivity index (χ3n) is 2.96. The SMILES string of the molecule is Cc1ccc(C(C)(N)c2cncc(F)c2)cc1. The highest BCUT2D eigenvalue weighted by molar-refractivity contribution is 5.36. The van der Waals surface area contributed by atoms with Crippen molar-refractivity contribution >= 4 is 0 Å². The van der Waals surface area contributed by atoms with Crippen LogP contribution in [0, 0.1) is 12.7 Å². The molecule has 2 aromatic rings. The molecule has 1 heterocycles. The predicted octanol–water partition coefficient (Wildman–Crippen LogP) is 2.75. The predicted molar refractivity (Wildman–Crippen MR) is 66.0 cm³/mol. The molecule has 17 heavy (non-hydrogen) atoms. The molecule has 0 aliphatic heterocycles. The van der Waals surface area contributed by atoms with Crippen LogP contribution >= 0.6 is 0 Å². The molecule has 88 valence electrons. The average Bonchev–Trinajstić information content (AvgIpc) is 2.29. The van der Waals surface area contributed by atoms with Crippen LogP contribution in [0.4, 0.5) is 4.39 Å². The van der Waals surface area contributed by atoms with Gasteiger partial charge in [-0.05, 0) is 31.0 Å². The van der Waals surface area contributed by atoms with E-state index >= 15 is 0 Å². The van der Waals surface area contributed by atoms with Crippen molar-refractivity contribution in [2.45, 2.75) is 19.4 Å². The first-order valence-electron chi connectivity index (χ1n) is 5.47. The Morgan fingerprint density at radius 3 is 2.35 bits per heavy atom. The zero-order valence-corrected chi connectivity index (χ0v) is 9.94. The summed E-state index contributed by atoms with van der Waals surface area (Å²) in [7, 11) is 0. The summed E-state index contributed by atoms with van der Waals surface area (Å²) in [6.45, 7) is 3.87. The summed E-state index contributed by atoms with van der Waals surface area (Å²) in [6.07, 6.45) is 2.78. The van der Waals surface area contributed by atoms with E-state index in [1.54, 1.807) is 6.20 Å². The summed E-state index contributed by atoms with van der Waals surface area (Å²) < 4.78 is 13.2. The Morgan fingerprint density at radius 2 is 1.76 bits per heavy atom. The van der Waals surface area contributed by atoms with E-state index in [-0.39, 0.29) is 5.82 Å². The molecule has 2 rings (SSSR count). The van der Waals surface area contributed by atoms with Crippen LogP contribution in [-0.2, 0) is 5.54 Å². The normalized spacial score (nSPS) is 14.4. The molecule has 0 aliphatic rings. The summed E-state index contributed by atoms with van der Waals surface area (Å²) in [4.78, 5) is 3.84. The topological polar surface area (TPSA) is 38.9 Å². The third-order valence-corrected chi connectivity index (χ3v) is 2.96. The fourth-order valence-electron chi connectivity index (χ4n) is 1.76. The summed E-state index contributed by atoms with van der Waals surface area (Å²) in [6, 6.07) is 9.33. The number of benzene rings is 1. The highest BCUT2D eigenvalue weighted by Crippen LogP contribution is 2.26. The van der Waals surface area contributed by atoms with Gasteiger partial charge in [0.1, 0.15) is 5.82 Å². The lowest BCUT2D eigenvalue weighted by molar-refractivity contribution is 0.574. The van der Waals surface area contributed by atoms with Crippen molar-refractivity contribution in [3.8, 4) is 0 Å². The second kappa shape index (κ2) is 4.26. The number of hydrogen-bond donors (Lipinski definition) is 1. The van der Waals surface area contributed by atoms with E-state index in [4.69, 9.17) is 5.73 Å². The van der Waals surface area contributed by atoms with Gasteiger partial charge in [0.2, 0.25) is 0 Å². The van der Waals surface area contributed by atoms with Gasteiger partial charge in [-0.2, -0.15) is 0 Å². The molecule has 0 aliphatic carbocycles. The van der Waals surface area contributed by atoms with Gasteiger partial charge in [0.25, 0.3) is 0 Å². The van der Waals surface area contributed by atoms with Crippen LogP contribution in [-0.4, -0.2) is 4.98 Å². The molecule has 0 saturated heterocycles. The first-order valence-corrected chi connectivity index (χ1v) is 5.47. The second-order valence-corrected chi connectivity index (χ2v) is 4.46. The van der Waals surface area contributed by atoms with Crippen LogP contribution in [0.25, 0.3) is 0 Å². The molecule has 1 atom stereocenters. The van der Waals surface area contributed by atoms with E-state index in [1.165, 1.54) is 17.8 Å². The zero-order valence-electron chi connectivity index (χ0n) is 9.94. The van der Waals surface area contributed by atoms with Crippen molar-refractivity contribution in [3.05, 3.63) is 65.2 Å². The Bertz CT molecular complexity index is 518. The number of rotatable bonds is 2. The van der Waals surface area contributed by atoms with Gasteiger partial charge in [-0.1, -0.05) is 29.8 Å². The van der Waals surface area contributed by atoms with Crippen LogP contribution in [0.15, 0.2) is 42.7 Å². The standard InChI is InChI=1S/C14H15FN2/c1-10-3-5-11(6-4-10)14(2,16)12-7-13(15)9-17-8-12/h3-9H,16H2,1-2H3. The number of nitrogens with two attached hydrogens (primary N) is 1. The molecule has 1 aromatic carbocycles. The first kappa shape index (κ1) is 11.7. The average molecular weight is 230 g/mol. The van der Waals surface area contributed by atoms with Gasteiger partial charge in [0, 0.05) is 6.20 Å². The third kappa shape index (κ3) is 2.34. The molecule has 0 spiro atoms. The fourth-order valence-corrected chi connectivity index (χ4v) is 1.76. The lowest BCUT2D eigenvalue weighted by atomic mass is 9.86. The van der Waals surface area contributed by atoms with Crippen LogP contribution in [0.5, 0.6) is 0 Å². The maximum atomic E-state index is 13.2. The van der Waals surface area contributed by atoms with Crippen LogP contribution in [0.2, 0.25) is 0 Å². The van der Waals surface area contributed by atoms with Crippen molar-refractivity contribution in [2.75, 3.05) is 0 Å². The maximum absolute atomic E-state index is 13.2. The van der Waals surface area contributed by atoms with E-state index < -0.39 is 5.54 Å². The molecule has 0 fully saturated rings. The number of aromatic nitrogens is 1. The van der Waals surface area contributed by atoms with Gasteiger partial charge >= 0.3 is 0 Å². The number of hydrogen-bond acceptors (Lipinski definition) is 2. The van der Waals surface area contributed by atoms with Gasteiger partial charge in [0.15, 0.2) is 0 Å². The highest BCUT2D eigenvalue weighted by atomic mass is 19.1. The van der Waals surface area contributed by atoms with Gasteiger partial charge < -0.3 is 5.73 Å². The molecule has 1 unspecified atom stereocenters. The molecule has 0 amide bonds. The molecule has 0 saturated carbocycles. The Labute approximate surface area is 100 Å². The lowest BCUT2D eigenvalue weighted by Gasteiger charge is -2.25. The molecule has 2 nitrogen and oxygen atoms in total. The molecular formula is C14H15FN2. The number of pyridine rings is 1. The Hall–Kier alpha value is -1.74. The lowest BCUT2D eigenvalue weighted by Crippen LogP contribution is -2.34. The van der Waals surface area contributed by atoms with Crippen molar-refractivity contribution in [1.29, 1.82) is 0 Å². The van der Waals surface area contributed by atoms with Crippen LogP contribution in [0.1, 0.15) is 23.6 Å². The summed E-state index contributed by atoms with van der Waals surface area (Å²) >= 11 is 0. The smallest absolute Gasteiger partial charge is 0.141 e. The Balaban J connectivity index is 2.45. The van der Waals surface area contributed by atoms with E-state index in [9.17, 15) is 4.39 Å². The molecule has 2 N–H and O–H groups in total.